The number of carbonyl (C=O) groups excluding carboxylic acids is 1. The molecule has 0 spiro atoms. The van der Waals surface area contributed by atoms with Crippen LogP contribution in [-0.2, 0) is 13.0 Å². The van der Waals surface area contributed by atoms with Gasteiger partial charge in [0.1, 0.15) is 10.7 Å². The zero-order valence-corrected chi connectivity index (χ0v) is 20.5. The number of nitrogens with zero attached hydrogens (tertiary/aromatic N) is 2. The fourth-order valence-electron chi connectivity index (χ4n) is 4.26. The van der Waals surface area contributed by atoms with Gasteiger partial charge < -0.3 is 14.8 Å². The number of benzene rings is 1. The molecule has 0 bridgehead atoms. The van der Waals surface area contributed by atoms with Crippen LogP contribution in [0.2, 0.25) is 0 Å². The van der Waals surface area contributed by atoms with Gasteiger partial charge in [0.25, 0.3) is 11.5 Å². The third-order valence-electron chi connectivity index (χ3n) is 6.11. The highest BCUT2D eigenvalue weighted by atomic mass is 32.1. The summed E-state index contributed by atoms with van der Waals surface area (Å²) in [5.74, 6) is 1.96. The van der Waals surface area contributed by atoms with E-state index in [4.69, 9.17) is 14.5 Å². The van der Waals surface area contributed by atoms with Crippen molar-refractivity contribution in [1.29, 1.82) is 0 Å². The topological polar surface area (TPSA) is 82.5 Å². The van der Waals surface area contributed by atoms with Crippen molar-refractivity contribution in [2.45, 2.75) is 65.5 Å². The number of ether oxygens (including phenoxy) is 2. The number of aromatic nitrogens is 2. The van der Waals surface area contributed by atoms with Crippen LogP contribution in [0, 0.1) is 6.92 Å². The van der Waals surface area contributed by atoms with Gasteiger partial charge in [-0.1, -0.05) is 19.4 Å². The molecule has 0 saturated heterocycles. The first-order valence-electron chi connectivity index (χ1n) is 11.6. The fourth-order valence-corrected chi connectivity index (χ4v) is 5.35. The maximum absolute atomic E-state index is 13.2. The summed E-state index contributed by atoms with van der Waals surface area (Å²) in [6, 6.07) is 5.44. The Morgan fingerprint density at radius 1 is 1.27 bits per heavy atom. The average Bonchev–Trinajstić information content (AvgIpc) is 2.97. The number of aryl methyl sites for hydroxylation is 2. The highest BCUT2D eigenvalue weighted by Gasteiger charge is 2.23. The summed E-state index contributed by atoms with van der Waals surface area (Å²) in [5.41, 5.74) is 1.59. The standard InChI is InChI=1S/C25H31N3O4S/c1-5-13-32-18-11-10-17(14-19(18)31-4)16(3)26-23(29)22-15(2)21-24(33-22)27-20-9-7-6-8-12-28(20)25(21)30/h10-11,14,16H,5-9,12-13H2,1-4H3,(H,26,29). The Morgan fingerprint density at radius 2 is 2.09 bits per heavy atom. The number of carbonyl (C=O) groups is 1. The second-order valence-electron chi connectivity index (χ2n) is 8.49. The minimum Gasteiger partial charge on any atom is -0.493 e. The van der Waals surface area contributed by atoms with E-state index in [2.05, 4.69) is 12.2 Å². The quantitative estimate of drug-likeness (QED) is 0.538. The molecule has 1 aromatic carbocycles. The minimum atomic E-state index is -0.248. The SMILES string of the molecule is CCCOc1ccc(C(C)NC(=O)c2sc3nc4n(c(=O)c3c2C)CCCCC4)cc1OC. The summed E-state index contributed by atoms with van der Waals surface area (Å²) in [4.78, 5) is 32.3. The Morgan fingerprint density at radius 3 is 2.85 bits per heavy atom. The van der Waals surface area contributed by atoms with Crippen LogP contribution in [0.25, 0.3) is 10.2 Å². The first kappa shape index (κ1) is 23.3. The second-order valence-corrected chi connectivity index (χ2v) is 9.48. The number of rotatable bonds is 7. The molecule has 7 nitrogen and oxygen atoms in total. The summed E-state index contributed by atoms with van der Waals surface area (Å²) in [5, 5.41) is 3.64. The lowest BCUT2D eigenvalue weighted by Gasteiger charge is -2.17. The fraction of sp³-hybridized carbons (Fsp3) is 0.480. The van der Waals surface area contributed by atoms with Crippen LogP contribution in [0.4, 0.5) is 0 Å². The molecule has 1 N–H and O–H groups in total. The number of amides is 1. The number of hydrogen-bond donors (Lipinski definition) is 1. The van der Waals surface area contributed by atoms with Gasteiger partial charge in [-0.25, -0.2) is 4.98 Å². The second kappa shape index (κ2) is 9.95. The molecular weight excluding hydrogens is 438 g/mol. The van der Waals surface area contributed by atoms with E-state index in [1.165, 1.54) is 11.3 Å². The van der Waals surface area contributed by atoms with Crippen molar-refractivity contribution in [2.75, 3.05) is 13.7 Å². The smallest absolute Gasteiger partial charge is 0.262 e. The molecular formula is C25H31N3O4S. The van der Waals surface area contributed by atoms with Gasteiger partial charge in [-0.3, -0.25) is 14.2 Å². The highest BCUT2D eigenvalue weighted by molar-refractivity contribution is 7.20. The predicted octanol–water partition coefficient (Wildman–Crippen LogP) is 4.78. The lowest BCUT2D eigenvalue weighted by molar-refractivity contribution is 0.0943. The lowest BCUT2D eigenvalue weighted by atomic mass is 10.1. The largest absolute Gasteiger partial charge is 0.493 e. The van der Waals surface area contributed by atoms with E-state index in [0.29, 0.717) is 45.3 Å². The molecule has 176 valence electrons. The Labute approximate surface area is 197 Å². The zero-order valence-electron chi connectivity index (χ0n) is 19.7. The Hall–Kier alpha value is -2.87. The number of nitrogens with one attached hydrogen (secondary N) is 1. The summed E-state index contributed by atoms with van der Waals surface area (Å²) in [7, 11) is 1.61. The van der Waals surface area contributed by atoms with Gasteiger partial charge in [0.05, 0.1) is 30.0 Å². The predicted molar refractivity (Wildman–Crippen MR) is 131 cm³/mol. The van der Waals surface area contributed by atoms with Gasteiger partial charge in [-0.05, 0) is 56.4 Å². The molecule has 1 amide bonds. The molecule has 1 aliphatic heterocycles. The number of hydrogen-bond acceptors (Lipinski definition) is 6. The van der Waals surface area contributed by atoms with E-state index >= 15 is 0 Å². The zero-order chi connectivity index (χ0) is 23.5. The first-order valence-corrected chi connectivity index (χ1v) is 12.4. The van der Waals surface area contributed by atoms with Gasteiger partial charge in [0.2, 0.25) is 0 Å². The summed E-state index contributed by atoms with van der Waals surface area (Å²) in [6.45, 7) is 7.13. The molecule has 3 aromatic rings. The van der Waals surface area contributed by atoms with Crippen LogP contribution in [0.15, 0.2) is 23.0 Å². The summed E-state index contributed by atoms with van der Waals surface area (Å²) < 4.78 is 13.0. The van der Waals surface area contributed by atoms with Crippen molar-refractivity contribution in [1.82, 2.24) is 14.9 Å². The van der Waals surface area contributed by atoms with Crippen molar-refractivity contribution >= 4 is 27.5 Å². The number of fused-ring (bicyclic) bond motifs is 2. The van der Waals surface area contributed by atoms with E-state index in [-0.39, 0.29) is 17.5 Å². The molecule has 1 aliphatic rings. The van der Waals surface area contributed by atoms with E-state index in [0.717, 1.165) is 43.5 Å². The van der Waals surface area contributed by atoms with Crippen LogP contribution in [-0.4, -0.2) is 29.2 Å². The third kappa shape index (κ3) is 4.62. The maximum Gasteiger partial charge on any atom is 0.262 e. The Bertz CT molecular complexity index is 1230. The van der Waals surface area contributed by atoms with Crippen molar-refractivity contribution < 1.29 is 14.3 Å². The van der Waals surface area contributed by atoms with Gasteiger partial charge in [0, 0.05) is 13.0 Å². The molecule has 1 unspecified atom stereocenters. The Balaban J connectivity index is 1.59. The highest BCUT2D eigenvalue weighted by Crippen LogP contribution is 2.32. The molecule has 2 aromatic heterocycles. The van der Waals surface area contributed by atoms with E-state index in [1.807, 2.05) is 32.0 Å². The minimum absolute atomic E-state index is 0.0230. The van der Waals surface area contributed by atoms with E-state index < -0.39 is 0 Å². The maximum atomic E-state index is 13.2. The van der Waals surface area contributed by atoms with Crippen molar-refractivity contribution in [2.24, 2.45) is 0 Å². The summed E-state index contributed by atoms with van der Waals surface area (Å²) >= 11 is 1.30. The van der Waals surface area contributed by atoms with Crippen LogP contribution in [0.3, 0.4) is 0 Å². The molecule has 3 heterocycles. The molecule has 0 fully saturated rings. The molecule has 1 atom stereocenters. The van der Waals surface area contributed by atoms with E-state index in [1.54, 1.807) is 11.7 Å². The monoisotopic (exact) mass is 469 g/mol. The molecule has 0 saturated carbocycles. The molecule has 33 heavy (non-hydrogen) atoms. The lowest BCUT2D eigenvalue weighted by Crippen LogP contribution is -2.27. The molecule has 4 rings (SSSR count). The van der Waals surface area contributed by atoms with Crippen LogP contribution >= 0.6 is 11.3 Å². The van der Waals surface area contributed by atoms with Crippen LogP contribution < -0.4 is 20.3 Å². The number of thiophene rings is 1. The van der Waals surface area contributed by atoms with Gasteiger partial charge in [0.15, 0.2) is 11.5 Å². The Kier molecular flexibility index (Phi) is 7.02. The van der Waals surface area contributed by atoms with Crippen molar-refractivity contribution in [3.05, 3.63) is 50.4 Å². The van der Waals surface area contributed by atoms with E-state index in [9.17, 15) is 9.59 Å². The summed E-state index contributed by atoms with van der Waals surface area (Å²) in [6.07, 6.45) is 4.85. The molecule has 0 aliphatic carbocycles. The third-order valence-corrected chi connectivity index (χ3v) is 7.30. The molecule has 8 heteroatoms. The number of methoxy groups -OCH3 is 1. The normalized spacial score (nSPS) is 14.4. The van der Waals surface area contributed by atoms with Crippen LogP contribution in [0.1, 0.15) is 72.2 Å². The van der Waals surface area contributed by atoms with Gasteiger partial charge in [-0.2, -0.15) is 0 Å². The van der Waals surface area contributed by atoms with Crippen molar-refractivity contribution in [3.63, 3.8) is 0 Å². The average molecular weight is 470 g/mol. The molecule has 0 radical (unpaired) electrons. The van der Waals surface area contributed by atoms with Gasteiger partial charge >= 0.3 is 0 Å². The van der Waals surface area contributed by atoms with Gasteiger partial charge in [-0.15, -0.1) is 11.3 Å². The van der Waals surface area contributed by atoms with Crippen LogP contribution in [0.5, 0.6) is 11.5 Å². The first-order chi connectivity index (χ1) is 15.9. The van der Waals surface area contributed by atoms with Crippen molar-refractivity contribution in [3.8, 4) is 11.5 Å².